The number of hydrogen-bond acceptors (Lipinski definition) is 6. The SMILES string of the molecule is O=Cc1c(O)cccc1OC[C@@H]1CCCCN1C(=O)c1ccccc1CC(=O)OI. The second kappa shape index (κ2) is 10.4. The van der Waals surface area contributed by atoms with Crippen LogP contribution in [0.1, 0.15) is 45.5 Å². The Morgan fingerprint density at radius 1 is 1.17 bits per heavy atom. The largest absolute Gasteiger partial charge is 0.507 e. The highest BCUT2D eigenvalue weighted by atomic mass is 127. The zero-order valence-electron chi connectivity index (χ0n) is 16.3. The maximum absolute atomic E-state index is 13.3. The smallest absolute Gasteiger partial charge is 0.319 e. The molecule has 1 saturated heterocycles. The number of aromatic hydroxyl groups is 1. The van der Waals surface area contributed by atoms with Crippen LogP contribution in [-0.4, -0.2) is 47.4 Å². The number of benzene rings is 2. The predicted octanol–water partition coefficient (Wildman–Crippen LogP) is 3.71. The second-order valence-electron chi connectivity index (χ2n) is 7.05. The minimum absolute atomic E-state index is 0.0197. The van der Waals surface area contributed by atoms with Crippen molar-refractivity contribution in [3.8, 4) is 11.5 Å². The third kappa shape index (κ3) is 5.10. The van der Waals surface area contributed by atoms with Crippen LogP contribution in [0.15, 0.2) is 42.5 Å². The summed E-state index contributed by atoms with van der Waals surface area (Å²) in [5.74, 6) is -0.436. The number of rotatable bonds is 7. The van der Waals surface area contributed by atoms with Crippen LogP contribution in [0.3, 0.4) is 0 Å². The minimum Gasteiger partial charge on any atom is -0.507 e. The molecule has 7 nitrogen and oxygen atoms in total. The highest BCUT2D eigenvalue weighted by Gasteiger charge is 2.29. The number of hydrogen-bond donors (Lipinski definition) is 1. The molecule has 2 aromatic rings. The first-order valence-electron chi connectivity index (χ1n) is 9.65. The Labute approximate surface area is 188 Å². The monoisotopic (exact) mass is 523 g/mol. The molecule has 2 aromatic carbocycles. The Morgan fingerprint density at radius 3 is 2.73 bits per heavy atom. The molecule has 0 aliphatic carbocycles. The fraction of sp³-hybridized carbons (Fsp3) is 0.318. The first kappa shape index (κ1) is 22.1. The quantitative estimate of drug-likeness (QED) is 0.440. The number of carbonyl (C=O) groups is 3. The van der Waals surface area contributed by atoms with Crippen molar-refractivity contribution in [3.05, 3.63) is 59.2 Å². The van der Waals surface area contributed by atoms with Gasteiger partial charge in [0.1, 0.15) is 18.1 Å². The minimum atomic E-state index is -0.417. The summed E-state index contributed by atoms with van der Waals surface area (Å²) >= 11 is 1.54. The van der Waals surface area contributed by atoms with Crippen molar-refractivity contribution < 1.29 is 27.3 Å². The summed E-state index contributed by atoms with van der Waals surface area (Å²) in [4.78, 5) is 38.1. The Kier molecular flexibility index (Phi) is 7.67. The average Bonchev–Trinajstić information content (AvgIpc) is 2.77. The van der Waals surface area contributed by atoms with Crippen molar-refractivity contribution in [1.29, 1.82) is 0 Å². The number of likely N-dealkylation sites (tertiary alicyclic amines) is 1. The molecule has 1 atom stereocenters. The van der Waals surface area contributed by atoms with Gasteiger partial charge in [-0.15, -0.1) is 0 Å². The summed E-state index contributed by atoms with van der Waals surface area (Å²) in [6, 6.07) is 11.5. The van der Waals surface area contributed by atoms with Gasteiger partial charge >= 0.3 is 5.97 Å². The van der Waals surface area contributed by atoms with Gasteiger partial charge in [-0.1, -0.05) is 24.3 Å². The lowest BCUT2D eigenvalue weighted by atomic mass is 9.98. The van der Waals surface area contributed by atoms with E-state index in [1.807, 2.05) is 0 Å². The fourth-order valence-electron chi connectivity index (χ4n) is 3.62. The lowest BCUT2D eigenvalue weighted by Gasteiger charge is -2.36. The van der Waals surface area contributed by atoms with E-state index in [1.165, 1.54) is 29.1 Å². The third-order valence-electron chi connectivity index (χ3n) is 5.15. The summed E-state index contributed by atoms with van der Waals surface area (Å²) in [7, 11) is 0. The molecule has 1 aliphatic heterocycles. The maximum Gasteiger partial charge on any atom is 0.319 e. The predicted molar refractivity (Wildman–Crippen MR) is 118 cm³/mol. The number of ether oxygens (including phenoxy) is 1. The number of amides is 1. The van der Waals surface area contributed by atoms with E-state index < -0.39 is 5.97 Å². The molecule has 0 unspecified atom stereocenters. The van der Waals surface area contributed by atoms with Crippen molar-refractivity contribution >= 4 is 41.2 Å². The van der Waals surface area contributed by atoms with Crippen LogP contribution < -0.4 is 4.74 Å². The summed E-state index contributed by atoms with van der Waals surface area (Å²) in [5, 5.41) is 9.83. The third-order valence-corrected chi connectivity index (χ3v) is 5.64. The van der Waals surface area contributed by atoms with Crippen molar-refractivity contribution in [2.45, 2.75) is 31.7 Å². The van der Waals surface area contributed by atoms with Gasteiger partial charge in [0.15, 0.2) is 29.3 Å². The topological polar surface area (TPSA) is 93.1 Å². The highest BCUT2D eigenvalue weighted by molar-refractivity contribution is 14.1. The van der Waals surface area contributed by atoms with Crippen LogP contribution >= 0.6 is 23.0 Å². The number of halogens is 1. The van der Waals surface area contributed by atoms with Crippen LogP contribution in [0.4, 0.5) is 0 Å². The molecule has 1 N–H and O–H groups in total. The van der Waals surface area contributed by atoms with E-state index in [2.05, 4.69) is 0 Å². The number of phenols is 1. The van der Waals surface area contributed by atoms with E-state index in [-0.39, 0.29) is 42.0 Å². The molecule has 3 rings (SSSR count). The number of aldehydes is 1. The first-order chi connectivity index (χ1) is 14.5. The Balaban J connectivity index is 1.78. The summed E-state index contributed by atoms with van der Waals surface area (Å²) in [5.41, 5.74) is 1.18. The molecule has 0 saturated carbocycles. The molecule has 0 aromatic heterocycles. The molecule has 8 heteroatoms. The van der Waals surface area contributed by atoms with E-state index in [0.717, 1.165) is 19.3 Å². The van der Waals surface area contributed by atoms with Gasteiger partial charge in [0.2, 0.25) is 0 Å². The second-order valence-corrected chi connectivity index (χ2v) is 7.49. The van der Waals surface area contributed by atoms with Gasteiger partial charge in [0.25, 0.3) is 5.91 Å². The van der Waals surface area contributed by atoms with Gasteiger partial charge in [0, 0.05) is 12.1 Å². The number of nitrogens with zero attached hydrogens (tertiary/aromatic N) is 1. The number of piperidine rings is 1. The van der Waals surface area contributed by atoms with Gasteiger partial charge in [0.05, 0.1) is 18.0 Å². The molecule has 0 bridgehead atoms. The Morgan fingerprint density at radius 2 is 1.97 bits per heavy atom. The van der Waals surface area contributed by atoms with Crippen LogP contribution in [0.25, 0.3) is 0 Å². The molecule has 1 amide bonds. The molecule has 0 radical (unpaired) electrons. The Hall–Kier alpha value is -2.62. The number of phenolic OH excluding ortho intramolecular Hbond substituents is 1. The molecule has 30 heavy (non-hydrogen) atoms. The van der Waals surface area contributed by atoms with Crippen molar-refractivity contribution in [2.75, 3.05) is 13.2 Å². The van der Waals surface area contributed by atoms with Crippen molar-refractivity contribution in [2.24, 2.45) is 0 Å². The van der Waals surface area contributed by atoms with Crippen LogP contribution in [0.2, 0.25) is 0 Å². The van der Waals surface area contributed by atoms with Gasteiger partial charge in [-0.25, -0.2) is 0 Å². The maximum atomic E-state index is 13.3. The summed E-state index contributed by atoms with van der Waals surface area (Å²) in [6.45, 7) is 0.784. The molecular formula is C22H22INO6. The average molecular weight is 523 g/mol. The van der Waals surface area contributed by atoms with E-state index in [1.54, 1.807) is 41.3 Å². The fourth-order valence-corrected chi connectivity index (χ4v) is 3.78. The normalized spacial score (nSPS) is 16.0. The van der Waals surface area contributed by atoms with E-state index in [4.69, 9.17) is 7.80 Å². The molecule has 1 fully saturated rings. The highest BCUT2D eigenvalue weighted by Crippen LogP contribution is 2.27. The molecule has 1 heterocycles. The lowest BCUT2D eigenvalue weighted by molar-refractivity contribution is -0.130. The van der Waals surface area contributed by atoms with Gasteiger partial charge in [-0.2, -0.15) is 0 Å². The standard InChI is InChI=1S/C22H22INO6/c23-30-21(27)12-15-6-1-2-8-17(15)22(28)24-11-4-3-7-16(24)14-29-20-10-5-9-19(26)18(20)13-25/h1-2,5-6,8-10,13,16,26H,3-4,7,11-12,14H2/t16-/m0/s1. The zero-order valence-corrected chi connectivity index (χ0v) is 18.4. The lowest BCUT2D eigenvalue weighted by Crippen LogP contribution is -2.47. The first-order valence-corrected chi connectivity index (χ1v) is 10.5. The summed E-state index contributed by atoms with van der Waals surface area (Å²) in [6.07, 6.45) is 3.18. The van der Waals surface area contributed by atoms with Gasteiger partial charge < -0.3 is 17.8 Å². The van der Waals surface area contributed by atoms with E-state index >= 15 is 0 Å². The van der Waals surface area contributed by atoms with E-state index in [9.17, 15) is 19.5 Å². The van der Waals surface area contributed by atoms with Gasteiger partial charge in [-0.3, -0.25) is 14.4 Å². The molecule has 1 aliphatic rings. The molecular weight excluding hydrogens is 501 g/mol. The Bertz CT molecular complexity index is 932. The van der Waals surface area contributed by atoms with E-state index in [0.29, 0.717) is 24.0 Å². The van der Waals surface area contributed by atoms with Crippen molar-refractivity contribution in [1.82, 2.24) is 4.90 Å². The number of carbonyl (C=O) groups excluding carboxylic acids is 3. The van der Waals surface area contributed by atoms with Crippen LogP contribution in [0.5, 0.6) is 11.5 Å². The van der Waals surface area contributed by atoms with Crippen LogP contribution in [-0.2, 0) is 14.3 Å². The van der Waals surface area contributed by atoms with Crippen molar-refractivity contribution in [3.63, 3.8) is 0 Å². The van der Waals surface area contributed by atoms with Gasteiger partial charge in [-0.05, 0) is 43.0 Å². The van der Waals surface area contributed by atoms with Crippen LogP contribution in [0, 0.1) is 0 Å². The zero-order chi connectivity index (χ0) is 21.5. The summed E-state index contributed by atoms with van der Waals surface area (Å²) < 4.78 is 10.5. The molecule has 0 spiro atoms. The molecule has 158 valence electrons.